The summed E-state index contributed by atoms with van der Waals surface area (Å²) in [6.07, 6.45) is 0. The summed E-state index contributed by atoms with van der Waals surface area (Å²) in [7, 11) is 1.53. The van der Waals surface area contributed by atoms with Crippen LogP contribution in [0.3, 0.4) is 0 Å². The number of nitrogen functional groups attached to an aromatic ring is 1. The molecule has 0 amide bonds. The van der Waals surface area contributed by atoms with Crippen LogP contribution in [0.4, 0.5) is 21.5 Å². The second-order valence-corrected chi connectivity index (χ2v) is 4.62. The first-order valence-corrected chi connectivity index (χ1v) is 6.05. The molecular weight excluding hydrogens is 299 g/mol. The predicted octanol–water partition coefficient (Wildman–Crippen LogP) is 3.92. The fraction of sp³-hybridized carbons (Fsp3) is 0.0769. The SMILES string of the molecule is COc1ccc(F)c(Nc2cc(Br)ccc2N)c1. The van der Waals surface area contributed by atoms with Crippen LogP contribution in [0.1, 0.15) is 0 Å². The molecule has 18 heavy (non-hydrogen) atoms. The summed E-state index contributed by atoms with van der Waals surface area (Å²) in [5.41, 5.74) is 7.32. The molecule has 0 saturated heterocycles. The van der Waals surface area contributed by atoms with E-state index in [1.807, 2.05) is 6.07 Å². The maximum Gasteiger partial charge on any atom is 0.146 e. The van der Waals surface area contributed by atoms with E-state index < -0.39 is 0 Å². The Labute approximate surface area is 113 Å². The molecule has 0 aliphatic heterocycles. The highest BCUT2D eigenvalue weighted by molar-refractivity contribution is 9.10. The molecule has 0 spiro atoms. The molecule has 3 N–H and O–H groups in total. The number of nitrogens with two attached hydrogens (primary N) is 1. The van der Waals surface area contributed by atoms with Crippen molar-refractivity contribution in [3.05, 3.63) is 46.7 Å². The van der Waals surface area contributed by atoms with E-state index >= 15 is 0 Å². The number of ether oxygens (including phenoxy) is 1. The van der Waals surface area contributed by atoms with Gasteiger partial charge in [0.2, 0.25) is 0 Å². The number of benzene rings is 2. The number of halogens is 2. The van der Waals surface area contributed by atoms with Crippen LogP contribution < -0.4 is 15.8 Å². The maximum atomic E-state index is 13.7. The monoisotopic (exact) mass is 310 g/mol. The van der Waals surface area contributed by atoms with Crippen molar-refractivity contribution in [1.29, 1.82) is 0 Å². The van der Waals surface area contributed by atoms with E-state index in [2.05, 4.69) is 21.2 Å². The van der Waals surface area contributed by atoms with Crippen LogP contribution in [-0.2, 0) is 0 Å². The molecule has 0 unspecified atom stereocenters. The van der Waals surface area contributed by atoms with Crippen LogP contribution in [0.2, 0.25) is 0 Å². The second kappa shape index (κ2) is 5.27. The summed E-state index contributed by atoms with van der Waals surface area (Å²) in [5.74, 6) is 0.211. The molecule has 94 valence electrons. The van der Waals surface area contributed by atoms with Crippen molar-refractivity contribution in [3.8, 4) is 5.75 Å². The molecule has 2 rings (SSSR count). The highest BCUT2D eigenvalue weighted by atomic mass is 79.9. The highest BCUT2D eigenvalue weighted by Crippen LogP contribution is 2.29. The minimum atomic E-state index is -0.366. The third kappa shape index (κ3) is 2.73. The molecule has 0 aromatic heterocycles. The van der Waals surface area contributed by atoms with Crippen LogP contribution in [0, 0.1) is 5.82 Å². The van der Waals surface area contributed by atoms with Gasteiger partial charge in [-0.25, -0.2) is 4.39 Å². The van der Waals surface area contributed by atoms with Gasteiger partial charge in [-0.05, 0) is 30.3 Å². The lowest BCUT2D eigenvalue weighted by Gasteiger charge is -2.11. The van der Waals surface area contributed by atoms with Gasteiger partial charge in [0.1, 0.15) is 11.6 Å². The Balaban J connectivity index is 2.36. The topological polar surface area (TPSA) is 47.3 Å². The maximum absolute atomic E-state index is 13.7. The smallest absolute Gasteiger partial charge is 0.146 e. The van der Waals surface area contributed by atoms with Gasteiger partial charge < -0.3 is 15.8 Å². The molecule has 0 fully saturated rings. The molecule has 0 aliphatic carbocycles. The zero-order valence-corrected chi connectivity index (χ0v) is 11.3. The third-order valence-electron chi connectivity index (χ3n) is 2.46. The van der Waals surface area contributed by atoms with Crippen molar-refractivity contribution in [2.75, 3.05) is 18.2 Å². The largest absolute Gasteiger partial charge is 0.497 e. The van der Waals surface area contributed by atoms with Crippen molar-refractivity contribution in [3.63, 3.8) is 0 Å². The van der Waals surface area contributed by atoms with Crippen molar-refractivity contribution < 1.29 is 9.13 Å². The van der Waals surface area contributed by atoms with E-state index in [1.165, 1.54) is 13.2 Å². The molecule has 0 radical (unpaired) electrons. The quantitative estimate of drug-likeness (QED) is 0.845. The average Bonchev–Trinajstić information content (AvgIpc) is 2.36. The number of nitrogens with one attached hydrogen (secondary N) is 1. The molecule has 2 aromatic rings. The molecule has 0 atom stereocenters. The van der Waals surface area contributed by atoms with E-state index in [0.29, 0.717) is 22.8 Å². The Morgan fingerprint density at radius 1 is 1.17 bits per heavy atom. The second-order valence-electron chi connectivity index (χ2n) is 3.70. The summed E-state index contributed by atoms with van der Waals surface area (Å²) in [6.45, 7) is 0. The van der Waals surface area contributed by atoms with Gasteiger partial charge >= 0.3 is 0 Å². The molecule has 0 heterocycles. The van der Waals surface area contributed by atoms with Gasteiger partial charge in [0.25, 0.3) is 0 Å². The third-order valence-corrected chi connectivity index (χ3v) is 2.95. The summed E-state index contributed by atoms with van der Waals surface area (Å²) >= 11 is 3.34. The fourth-order valence-electron chi connectivity index (χ4n) is 1.51. The first-order chi connectivity index (χ1) is 8.60. The van der Waals surface area contributed by atoms with E-state index in [0.717, 1.165) is 4.47 Å². The zero-order valence-electron chi connectivity index (χ0n) is 9.71. The lowest BCUT2D eigenvalue weighted by Crippen LogP contribution is -1.98. The van der Waals surface area contributed by atoms with Crippen molar-refractivity contribution in [2.24, 2.45) is 0 Å². The average molecular weight is 311 g/mol. The Morgan fingerprint density at radius 2 is 1.94 bits per heavy atom. The van der Waals surface area contributed by atoms with Gasteiger partial charge in [0, 0.05) is 10.5 Å². The molecule has 5 heteroatoms. The van der Waals surface area contributed by atoms with Crippen LogP contribution >= 0.6 is 15.9 Å². The predicted molar refractivity (Wildman–Crippen MR) is 74.8 cm³/mol. The van der Waals surface area contributed by atoms with Crippen molar-refractivity contribution in [1.82, 2.24) is 0 Å². The van der Waals surface area contributed by atoms with E-state index in [1.54, 1.807) is 24.3 Å². The molecule has 0 saturated carbocycles. The number of hydrogen-bond acceptors (Lipinski definition) is 3. The van der Waals surface area contributed by atoms with Crippen LogP contribution in [0.5, 0.6) is 5.75 Å². The first-order valence-electron chi connectivity index (χ1n) is 5.26. The van der Waals surface area contributed by atoms with E-state index in [9.17, 15) is 4.39 Å². The van der Waals surface area contributed by atoms with E-state index in [4.69, 9.17) is 10.5 Å². The van der Waals surface area contributed by atoms with Gasteiger partial charge in [0.05, 0.1) is 24.2 Å². The molecule has 0 aliphatic rings. The van der Waals surface area contributed by atoms with Crippen molar-refractivity contribution >= 4 is 33.0 Å². The van der Waals surface area contributed by atoms with Crippen LogP contribution in [-0.4, -0.2) is 7.11 Å². The Hall–Kier alpha value is -1.75. The van der Waals surface area contributed by atoms with Gasteiger partial charge in [-0.3, -0.25) is 0 Å². The Morgan fingerprint density at radius 3 is 2.67 bits per heavy atom. The minimum absolute atomic E-state index is 0.319. The zero-order chi connectivity index (χ0) is 13.1. The molecule has 0 bridgehead atoms. The highest BCUT2D eigenvalue weighted by Gasteiger charge is 2.06. The molecule has 2 aromatic carbocycles. The Bertz CT molecular complexity index is 575. The minimum Gasteiger partial charge on any atom is -0.497 e. The first kappa shape index (κ1) is 12.7. The van der Waals surface area contributed by atoms with E-state index in [-0.39, 0.29) is 5.82 Å². The van der Waals surface area contributed by atoms with Gasteiger partial charge in [-0.1, -0.05) is 15.9 Å². The lowest BCUT2D eigenvalue weighted by molar-refractivity contribution is 0.414. The number of rotatable bonds is 3. The Kier molecular flexibility index (Phi) is 3.72. The van der Waals surface area contributed by atoms with Crippen LogP contribution in [0.25, 0.3) is 0 Å². The number of anilines is 3. The number of methoxy groups -OCH3 is 1. The summed E-state index contributed by atoms with van der Waals surface area (Å²) in [5, 5.41) is 2.95. The summed E-state index contributed by atoms with van der Waals surface area (Å²) in [6, 6.07) is 9.83. The van der Waals surface area contributed by atoms with Gasteiger partial charge in [-0.2, -0.15) is 0 Å². The summed E-state index contributed by atoms with van der Waals surface area (Å²) < 4.78 is 19.6. The lowest BCUT2D eigenvalue weighted by atomic mass is 10.2. The number of hydrogen-bond donors (Lipinski definition) is 2. The standard InChI is InChI=1S/C13H12BrFN2O/c1-18-9-3-4-10(15)12(7-9)17-13-6-8(14)2-5-11(13)16/h2-7,17H,16H2,1H3. The van der Waals surface area contributed by atoms with Gasteiger partial charge in [-0.15, -0.1) is 0 Å². The summed E-state index contributed by atoms with van der Waals surface area (Å²) in [4.78, 5) is 0. The van der Waals surface area contributed by atoms with Gasteiger partial charge in [0.15, 0.2) is 0 Å². The van der Waals surface area contributed by atoms with Crippen molar-refractivity contribution in [2.45, 2.75) is 0 Å². The van der Waals surface area contributed by atoms with Crippen LogP contribution in [0.15, 0.2) is 40.9 Å². The molecule has 3 nitrogen and oxygen atoms in total. The normalized spacial score (nSPS) is 10.2. The fourth-order valence-corrected chi connectivity index (χ4v) is 1.87. The molecular formula is C13H12BrFN2O.